The van der Waals surface area contributed by atoms with Gasteiger partial charge in [0.05, 0.1) is 6.61 Å². The van der Waals surface area contributed by atoms with Gasteiger partial charge in [-0.05, 0) is 43.5 Å². The number of aromatic nitrogens is 1. The van der Waals surface area contributed by atoms with Crippen LogP contribution < -0.4 is 4.74 Å². The number of H-pyrrole nitrogens is 1. The van der Waals surface area contributed by atoms with Gasteiger partial charge in [-0.3, -0.25) is 0 Å². The van der Waals surface area contributed by atoms with E-state index in [0.717, 1.165) is 28.6 Å². The van der Waals surface area contributed by atoms with Gasteiger partial charge < -0.3 is 14.8 Å². The van der Waals surface area contributed by atoms with Crippen LogP contribution in [-0.4, -0.2) is 22.7 Å². The molecule has 0 saturated heterocycles. The van der Waals surface area contributed by atoms with Gasteiger partial charge in [0, 0.05) is 10.9 Å². The van der Waals surface area contributed by atoms with Crippen LogP contribution in [0.5, 0.6) is 5.75 Å². The smallest absolute Gasteiger partial charge is 0.352 e. The van der Waals surface area contributed by atoms with E-state index in [1.54, 1.807) is 0 Å². The highest BCUT2D eigenvalue weighted by atomic mass is 16.5. The van der Waals surface area contributed by atoms with Crippen molar-refractivity contribution in [1.29, 1.82) is 0 Å². The molecule has 0 spiro atoms. The van der Waals surface area contributed by atoms with Gasteiger partial charge >= 0.3 is 5.97 Å². The van der Waals surface area contributed by atoms with Crippen molar-refractivity contribution in [3.05, 3.63) is 65.4 Å². The number of hydrogen-bond donors (Lipinski definition) is 2. The largest absolute Gasteiger partial charge is 0.494 e. The van der Waals surface area contributed by atoms with Crippen LogP contribution in [0.3, 0.4) is 0 Å². The van der Waals surface area contributed by atoms with Gasteiger partial charge in [-0.1, -0.05) is 35.9 Å². The van der Waals surface area contributed by atoms with E-state index >= 15 is 0 Å². The summed E-state index contributed by atoms with van der Waals surface area (Å²) in [6.45, 7) is 2.59. The fourth-order valence-electron chi connectivity index (χ4n) is 2.72. The van der Waals surface area contributed by atoms with Crippen LogP contribution in [0.15, 0.2) is 48.5 Å². The predicted octanol–water partition coefficient (Wildman–Crippen LogP) is 4.19. The summed E-state index contributed by atoms with van der Waals surface area (Å²) >= 11 is 0. The molecule has 0 aliphatic rings. The normalized spacial score (nSPS) is 10.8. The number of aryl methyl sites for hydroxylation is 2. The Bertz CT molecular complexity index is 818. The quantitative estimate of drug-likeness (QED) is 0.671. The molecule has 2 aromatic carbocycles. The molecular formula is C19H19NO3. The molecule has 23 heavy (non-hydrogen) atoms. The second-order valence-electron chi connectivity index (χ2n) is 5.59. The van der Waals surface area contributed by atoms with Crippen LogP contribution >= 0.6 is 0 Å². The lowest BCUT2D eigenvalue weighted by Crippen LogP contribution is -2.04. The summed E-state index contributed by atoms with van der Waals surface area (Å²) in [5, 5.41) is 10.3. The third kappa shape index (κ3) is 3.37. The molecule has 0 fully saturated rings. The lowest BCUT2D eigenvalue weighted by molar-refractivity contribution is 0.0690. The number of para-hydroxylation sites is 1. The first kappa shape index (κ1) is 15.2. The standard InChI is InChI=1S/C19H19NO3/c1-13-8-10-14(11-9-13)23-12-4-6-16-15-5-2-3-7-17(15)20-18(16)19(21)22/h2-3,5,7-11,20H,4,6,12H2,1H3,(H,21,22). The second-order valence-corrected chi connectivity index (χ2v) is 5.59. The van der Waals surface area contributed by atoms with Gasteiger partial charge in [0.2, 0.25) is 0 Å². The molecule has 3 rings (SSSR count). The number of aromatic amines is 1. The molecule has 0 unspecified atom stereocenters. The molecule has 2 N–H and O–H groups in total. The number of nitrogens with one attached hydrogen (secondary N) is 1. The number of aromatic carboxylic acids is 1. The Morgan fingerprint density at radius 3 is 2.61 bits per heavy atom. The highest BCUT2D eigenvalue weighted by molar-refractivity contribution is 5.97. The average molecular weight is 309 g/mol. The van der Waals surface area contributed by atoms with Crippen LogP contribution in [0.4, 0.5) is 0 Å². The monoisotopic (exact) mass is 309 g/mol. The molecule has 118 valence electrons. The van der Waals surface area contributed by atoms with E-state index in [2.05, 4.69) is 4.98 Å². The minimum atomic E-state index is -0.921. The van der Waals surface area contributed by atoms with Crippen molar-refractivity contribution in [2.24, 2.45) is 0 Å². The number of benzene rings is 2. The number of rotatable bonds is 6. The van der Waals surface area contributed by atoms with Gasteiger partial charge in [0.15, 0.2) is 0 Å². The summed E-state index contributed by atoms with van der Waals surface area (Å²) in [5.41, 5.74) is 3.18. The second kappa shape index (κ2) is 6.57. The molecule has 1 heterocycles. The third-order valence-electron chi connectivity index (χ3n) is 3.89. The van der Waals surface area contributed by atoms with Gasteiger partial charge in [0.1, 0.15) is 11.4 Å². The molecule has 0 aliphatic carbocycles. The Kier molecular flexibility index (Phi) is 4.33. The minimum absolute atomic E-state index is 0.279. The van der Waals surface area contributed by atoms with E-state index in [1.807, 2.05) is 55.5 Å². The summed E-state index contributed by atoms with van der Waals surface area (Å²) in [6.07, 6.45) is 1.42. The van der Waals surface area contributed by atoms with Crippen molar-refractivity contribution in [2.45, 2.75) is 19.8 Å². The average Bonchev–Trinajstić information content (AvgIpc) is 2.92. The Balaban J connectivity index is 1.68. The molecule has 3 aromatic rings. The summed E-state index contributed by atoms with van der Waals surface area (Å²) in [7, 11) is 0. The summed E-state index contributed by atoms with van der Waals surface area (Å²) in [5.74, 6) is -0.0800. The fourth-order valence-corrected chi connectivity index (χ4v) is 2.72. The number of carbonyl (C=O) groups is 1. The fraction of sp³-hybridized carbons (Fsp3) is 0.211. The molecule has 0 amide bonds. The molecule has 0 saturated carbocycles. The number of carboxylic acid groups (broad SMARTS) is 1. The topological polar surface area (TPSA) is 62.3 Å². The Morgan fingerprint density at radius 1 is 1.13 bits per heavy atom. The van der Waals surface area contributed by atoms with Gasteiger partial charge in [0.25, 0.3) is 0 Å². The predicted molar refractivity (Wildman–Crippen MR) is 90.3 cm³/mol. The molecule has 0 bridgehead atoms. The van der Waals surface area contributed by atoms with E-state index in [0.29, 0.717) is 13.0 Å². The lowest BCUT2D eigenvalue weighted by atomic mass is 10.1. The van der Waals surface area contributed by atoms with Gasteiger partial charge in [-0.2, -0.15) is 0 Å². The third-order valence-corrected chi connectivity index (χ3v) is 3.89. The maximum absolute atomic E-state index is 11.4. The minimum Gasteiger partial charge on any atom is -0.494 e. The van der Waals surface area contributed by atoms with E-state index in [4.69, 9.17) is 4.74 Å². The van der Waals surface area contributed by atoms with Crippen LogP contribution in [-0.2, 0) is 6.42 Å². The zero-order valence-electron chi connectivity index (χ0n) is 13.0. The van der Waals surface area contributed by atoms with Crippen LogP contribution in [0, 0.1) is 6.92 Å². The zero-order valence-corrected chi connectivity index (χ0v) is 13.0. The SMILES string of the molecule is Cc1ccc(OCCCc2c(C(=O)O)[nH]c3ccccc23)cc1. The number of hydrogen-bond acceptors (Lipinski definition) is 2. The summed E-state index contributed by atoms with van der Waals surface area (Å²) in [6, 6.07) is 15.6. The van der Waals surface area contributed by atoms with E-state index in [9.17, 15) is 9.90 Å². The molecular weight excluding hydrogens is 290 g/mol. The maximum Gasteiger partial charge on any atom is 0.352 e. The first-order chi connectivity index (χ1) is 11.1. The van der Waals surface area contributed by atoms with Crippen molar-refractivity contribution < 1.29 is 14.6 Å². The first-order valence-corrected chi connectivity index (χ1v) is 7.67. The van der Waals surface area contributed by atoms with Crippen molar-refractivity contribution in [3.8, 4) is 5.75 Å². The molecule has 1 aromatic heterocycles. The molecule has 4 nitrogen and oxygen atoms in total. The van der Waals surface area contributed by atoms with E-state index in [-0.39, 0.29) is 5.69 Å². The highest BCUT2D eigenvalue weighted by Gasteiger charge is 2.16. The van der Waals surface area contributed by atoms with Crippen molar-refractivity contribution in [1.82, 2.24) is 4.98 Å². The number of fused-ring (bicyclic) bond motifs is 1. The summed E-state index contributed by atoms with van der Waals surface area (Å²) in [4.78, 5) is 14.4. The van der Waals surface area contributed by atoms with E-state index in [1.165, 1.54) is 5.56 Å². The molecule has 0 atom stereocenters. The summed E-state index contributed by atoms with van der Waals surface area (Å²) < 4.78 is 5.71. The lowest BCUT2D eigenvalue weighted by Gasteiger charge is -2.07. The van der Waals surface area contributed by atoms with Crippen LogP contribution in [0.25, 0.3) is 10.9 Å². The zero-order chi connectivity index (χ0) is 16.2. The molecule has 0 aliphatic heterocycles. The maximum atomic E-state index is 11.4. The van der Waals surface area contributed by atoms with Gasteiger partial charge in [-0.15, -0.1) is 0 Å². The highest BCUT2D eigenvalue weighted by Crippen LogP contribution is 2.24. The Morgan fingerprint density at radius 2 is 1.87 bits per heavy atom. The van der Waals surface area contributed by atoms with Gasteiger partial charge in [-0.25, -0.2) is 4.79 Å². The first-order valence-electron chi connectivity index (χ1n) is 7.67. The molecule has 0 radical (unpaired) electrons. The Hall–Kier alpha value is -2.75. The van der Waals surface area contributed by atoms with Crippen LogP contribution in [0.2, 0.25) is 0 Å². The van der Waals surface area contributed by atoms with Crippen molar-refractivity contribution >= 4 is 16.9 Å². The molecule has 4 heteroatoms. The van der Waals surface area contributed by atoms with E-state index < -0.39 is 5.97 Å². The van der Waals surface area contributed by atoms with Crippen molar-refractivity contribution in [3.63, 3.8) is 0 Å². The Labute approximate surface area is 134 Å². The number of ether oxygens (including phenoxy) is 1. The van der Waals surface area contributed by atoms with Crippen LogP contribution in [0.1, 0.15) is 28.0 Å². The van der Waals surface area contributed by atoms with Crippen molar-refractivity contribution in [2.75, 3.05) is 6.61 Å². The number of carboxylic acids is 1.